The highest BCUT2D eigenvalue weighted by Gasteiger charge is 2.35. The van der Waals surface area contributed by atoms with E-state index in [1.807, 2.05) is 13.0 Å². The van der Waals surface area contributed by atoms with Crippen molar-refractivity contribution in [2.75, 3.05) is 18.9 Å². The maximum absolute atomic E-state index is 13.0. The van der Waals surface area contributed by atoms with Crippen molar-refractivity contribution in [1.29, 1.82) is 0 Å². The van der Waals surface area contributed by atoms with Gasteiger partial charge >= 0.3 is 0 Å². The summed E-state index contributed by atoms with van der Waals surface area (Å²) < 4.78 is 27.9. The lowest BCUT2D eigenvalue weighted by molar-refractivity contribution is -0.114. The van der Waals surface area contributed by atoms with E-state index in [9.17, 15) is 18.0 Å². The number of sulfonamides is 1. The van der Waals surface area contributed by atoms with Crippen molar-refractivity contribution in [2.45, 2.75) is 44.6 Å². The molecule has 0 spiro atoms. The second kappa shape index (κ2) is 7.75. The lowest BCUT2D eigenvalue weighted by Crippen LogP contribution is -2.27. The van der Waals surface area contributed by atoms with Gasteiger partial charge in [-0.15, -0.1) is 0 Å². The van der Waals surface area contributed by atoms with Gasteiger partial charge in [-0.3, -0.25) is 9.59 Å². The SMILES string of the molecule is CNS(=O)(=O)c1cc(-c2sc(NC(C)=O)nc2C)cc2c1C(=O)N(CCC1CC1)C2. The van der Waals surface area contributed by atoms with Crippen molar-refractivity contribution in [3.63, 3.8) is 0 Å². The number of hydrogen-bond donors (Lipinski definition) is 2. The number of rotatable bonds is 7. The maximum atomic E-state index is 13.0. The van der Waals surface area contributed by atoms with Gasteiger partial charge in [0.15, 0.2) is 5.13 Å². The van der Waals surface area contributed by atoms with Gasteiger partial charge in [0, 0.05) is 20.0 Å². The summed E-state index contributed by atoms with van der Waals surface area (Å²) in [6.45, 7) is 4.26. The Hall–Kier alpha value is -2.30. The molecule has 1 saturated carbocycles. The second-order valence-corrected chi connectivity index (χ2v) is 10.6. The highest BCUT2D eigenvalue weighted by atomic mass is 32.2. The standard InChI is InChI=1S/C20H24N4O4S2/c1-11-18(29-20(22-11)23-12(2)25)14-8-15-10-24(7-6-13-4-5-13)19(26)17(15)16(9-14)30(27,28)21-3/h8-9,13,21H,4-7,10H2,1-3H3,(H,22,23,25). The summed E-state index contributed by atoms with van der Waals surface area (Å²) in [6.07, 6.45) is 3.37. The van der Waals surface area contributed by atoms with Crippen molar-refractivity contribution < 1.29 is 18.0 Å². The minimum Gasteiger partial charge on any atom is -0.334 e. The van der Waals surface area contributed by atoms with Crippen LogP contribution in [0.3, 0.4) is 0 Å². The normalized spacial score (nSPS) is 16.1. The Morgan fingerprint density at radius 1 is 1.33 bits per heavy atom. The highest BCUT2D eigenvalue weighted by Crippen LogP contribution is 2.39. The van der Waals surface area contributed by atoms with E-state index < -0.39 is 10.0 Å². The zero-order chi connectivity index (χ0) is 21.6. The van der Waals surface area contributed by atoms with Crippen LogP contribution in [0.4, 0.5) is 5.13 Å². The summed E-state index contributed by atoms with van der Waals surface area (Å²) >= 11 is 1.28. The van der Waals surface area contributed by atoms with E-state index in [0.717, 1.165) is 11.3 Å². The number of aromatic nitrogens is 1. The molecule has 2 heterocycles. The third kappa shape index (κ3) is 3.99. The Morgan fingerprint density at radius 2 is 2.07 bits per heavy atom. The van der Waals surface area contributed by atoms with E-state index in [1.165, 1.54) is 44.2 Å². The van der Waals surface area contributed by atoms with Gasteiger partial charge in [-0.1, -0.05) is 24.2 Å². The van der Waals surface area contributed by atoms with Gasteiger partial charge in [0.1, 0.15) is 0 Å². The third-order valence-corrected chi connectivity index (χ3v) is 8.01. The van der Waals surface area contributed by atoms with Gasteiger partial charge in [0.25, 0.3) is 5.91 Å². The van der Waals surface area contributed by atoms with Crippen LogP contribution in [0.25, 0.3) is 10.4 Å². The van der Waals surface area contributed by atoms with Gasteiger partial charge in [0.2, 0.25) is 15.9 Å². The minimum atomic E-state index is -3.84. The smallest absolute Gasteiger partial charge is 0.255 e. The zero-order valence-corrected chi connectivity index (χ0v) is 18.7. The van der Waals surface area contributed by atoms with E-state index >= 15 is 0 Å². The first kappa shape index (κ1) is 21.0. The van der Waals surface area contributed by atoms with Crippen molar-refractivity contribution >= 4 is 38.3 Å². The topological polar surface area (TPSA) is 108 Å². The van der Waals surface area contributed by atoms with E-state index in [4.69, 9.17) is 0 Å². The monoisotopic (exact) mass is 448 g/mol. The molecule has 160 valence electrons. The molecule has 2 aromatic rings. The molecule has 10 heteroatoms. The van der Waals surface area contributed by atoms with Crippen molar-refractivity contribution in [3.05, 3.63) is 29.0 Å². The number of carbonyl (C=O) groups excluding carboxylic acids is 2. The number of thiazole rings is 1. The fourth-order valence-electron chi connectivity index (χ4n) is 3.72. The molecular formula is C20H24N4O4S2. The minimum absolute atomic E-state index is 0.00898. The molecule has 2 amide bonds. The van der Waals surface area contributed by atoms with Gasteiger partial charge < -0.3 is 10.2 Å². The molecule has 1 aromatic heterocycles. The maximum Gasteiger partial charge on any atom is 0.255 e. The molecule has 0 radical (unpaired) electrons. The molecule has 0 atom stereocenters. The van der Waals surface area contributed by atoms with Crippen LogP contribution in [0.2, 0.25) is 0 Å². The van der Waals surface area contributed by atoms with Crippen LogP contribution >= 0.6 is 11.3 Å². The van der Waals surface area contributed by atoms with Gasteiger partial charge in [0.05, 0.1) is 21.0 Å². The molecule has 1 aromatic carbocycles. The Labute approximate surface area is 179 Å². The van der Waals surface area contributed by atoms with E-state index in [2.05, 4.69) is 15.0 Å². The molecule has 0 bridgehead atoms. The first-order valence-electron chi connectivity index (χ1n) is 9.84. The molecule has 1 aliphatic carbocycles. The number of nitrogens with zero attached hydrogens (tertiary/aromatic N) is 2. The van der Waals surface area contributed by atoms with Crippen LogP contribution < -0.4 is 10.0 Å². The third-order valence-electron chi connectivity index (χ3n) is 5.45. The van der Waals surface area contributed by atoms with Crippen LogP contribution in [-0.4, -0.2) is 43.7 Å². The average molecular weight is 449 g/mol. The Balaban J connectivity index is 1.77. The first-order chi connectivity index (χ1) is 14.2. The van der Waals surface area contributed by atoms with Crippen LogP contribution in [0.5, 0.6) is 0 Å². The number of carbonyl (C=O) groups is 2. The molecule has 8 nitrogen and oxygen atoms in total. The van der Waals surface area contributed by atoms with Crippen molar-refractivity contribution in [3.8, 4) is 10.4 Å². The molecule has 0 unspecified atom stereocenters. The summed E-state index contributed by atoms with van der Waals surface area (Å²) in [6, 6.07) is 3.40. The predicted molar refractivity (Wildman–Crippen MR) is 115 cm³/mol. The Morgan fingerprint density at radius 3 is 2.70 bits per heavy atom. The molecule has 1 aliphatic heterocycles. The predicted octanol–water partition coefficient (Wildman–Crippen LogP) is 2.74. The second-order valence-electron chi connectivity index (χ2n) is 7.79. The van der Waals surface area contributed by atoms with Crippen molar-refractivity contribution in [1.82, 2.24) is 14.6 Å². The lowest BCUT2D eigenvalue weighted by atomic mass is 10.0. The van der Waals surface area contributed by atoms with E-state index in [1.54, 1.807) is 4.90 Å². The number of aryl methyl sites for hydroxylation is 1. The fourth-order valence-corrected chi connectivity index (χ4v) is 5.71. The van der Waals surface area contributed by atoms with Crippen LogP contribution in [0.1, 0.15) is 47.8 Å². The summed E-state index contributed by atoms with van der Waals surface area (Å²) in [5.74, 6) is 0.232. The molecule has 4 rings (SSSR count). The first-order valence-corrected chi connectivity index (χ1v) is 12.1. The zero-order valence-electron chi connectivity index (χ0n) is 17.1. The van der Waals surface area contributed by atoms with Gasteiger partial charge in [-0.2, -0.15) is 0 Å². The lowest BCUT2D eigenvalue weighted by Gasteiger charge is -2.15. The number of benzene rings is 1. The van der Waals surface area contributed by atoms with Gasteiger partial charge in [-0.05, 0) is 49.6 Å². The summed E-state index contributed by atoms with van der Waals surface area (Å²) in [5.41, 5.74) is 2.32. The van der Waals surface area contributed by atoms with Crippen LogP contribution in [0, 0.1) is 12.8 Å². The Kier molecular flexibility index (Phi) is 5.41. The molecular weight excluding hydrogens is 424 g/mol. The van der Waals surface area contributed by atoms with Crippen LogP contribution in [-0.2, 0) is 21.4 Å². The number of nitrogens with one attached hydrogen (secondary N) is 2. The quantitative estimate of drug-likeness (QED) is 0.677. The molecule has 30 heavy (non-hydrogen) atoms. The fraction of sp³-hybridized carbons (Fsp3) is 0.450. The number of fused-ring (bicyclic) bond motifs is 1. The Bertz CT molecular complexity index is 1140. The summed E-state index contributed by atoms with van der Waals surface area (Å²) in [4.78, 5) is 31.2. The van der Waals surface area contributed by atoms with Gasteiger partial charge in [-0.25, -0.2) is 18.1 Å². The average Bonchev–Trinajstić information content (AvgIpc) is 3.37. The molecule has 1 fully saturated rings. The van der Waals surface area contributed by atoms with E-state index in [-0.39, 0.29) is 22.3 Å². The number of hydrogen-bond acceptors (Lipinski definition) is 6. The largest absolute Gasteiger partial charge is 0.334 e. The van der Waals surface area contributed by atoms with E-state index in [0.29, 0.717) is 41.0 Å². The molecule has 2 aliphatic rings. The molecule has 0 saturated heterocycles. The highest BCUT2D eigenvalue weighted by molar-refractivity contribution is 7.89. The van der Waals surface area contributed by atoms with Crippen molar-refractivity contribution in [2.24, 2.45) is 5.92 Å². The number of anilines is 1. The summed E-state index contributed by atoms with van der Waals surface area (Å²) in [5, 5.41) is 3.12. The molecule has 2 N–H and O–H groups in total. The van der Waals surface area contributed by atoms with Crippen LogP contribution in [0.15, 0.2) is 17.0 Å². The number of amides is 2. The summed E-state index contributed by atoms with van der Waals surface area (Å²) in [7, 11) is -2.50.